The molecule has 1 fully saturated rings. The summed E-state index contributed by atoms with van der Waals surface area (Å²) in [5.74, 6) is 0. The van der Waals surface area contributed by atoms with E-state index in [0.29, 0.717) is 6.42 Å². The summed E-state index contributed by atoms with van der Waals surface area (Å²) in [4.78, 5) is 0. The van der Waals surface area contributed by atoms with Crippen LogP contribution in [0.4, 0.5) is 0 Å². The topological polar surface area (TPSA) is 166 Å². The zero-order valence-corrected chi connectivity index (χ0v) is 23.3. The van der Waals surface area contributed by atoms with E-state index in [1.54, 1.807) is 6.92 Å². The van der Waals surface area contributed by atoms with E-state index in [-0.39, 0.29) is 12.1 Å². The van der Waals surface area contributed by atoms with Crippen LogP contribution in [0.5, 0.6) is 0 Å². The molecule has 9 atom stereocenters. The lowest BCUT2D eigenvalue weighted by molar-refractivity contribution is -0.315. The molecule has 0 aromatic rings. The number of hydrogen-bond donors (Lipinski definition) is 7. The van der Waals surface area contributed by atoms with Crippen molar-refractivity contribution in [1.29, 1.82) is 0 Å². The van der Waals surface area contributed by atoms with Gasteiger partial charge >= 0.3 is 0 Å². The molecular weight excluding hydrogens is 478 g/mol. The second-order valence-electron chi connectivity index (χ2n) is 11.1. The van der Waals surface area contributed by atoms with E-state index in [9.17, 15) is 30.6 Å². The summed E-state index contributed by atoms with van der Waals surface area (Å²) in [6.45, 7) is 3.03. The maximum Gasteiger partial charge on any atom is 0.187 e. The molecule has 222 valence electrons. The molecule has 8 N–H and O–H groups in total. The van der Waals surface area contributed by atoms with Crippen LogP contribution in [0, 0.1) is 0 Å². The molecule has 1 aliphatic heterocycles. The Morgan fingerprint density at radius 2 is 1.05 bits per heavy atom. The van der Waals surface area contributed by atoms with Gasteiger partial charge in [-0.3, -0.25) is 0 Å². The highest BCUT2D eigenvalue weighted by atomic mass is 16.7. The van der Waals surface area contributed by atoms with E-state index in [0.717, 1.165) is 32.1 Å². The lowest BCUT2D eigenvalue weighted by Gasteiger charge is -2.41. The van der Waals surface area contributed by atoms with Gasteiger partial charge in [-0.05, 0) is 26.7 Å². The molecule has 0 bridgehead atoms. The molecule has 0 radical (unpaired) electrons. The van der Waals surface area contributed by atoms with Crippen LogP contribution in [0.15, 0.2) is 0 Å². The van der Waals surface area contributed by atoms with Gasteiger partial charge < -0.3 is 45.8 Å². The predicted molar refractivity (Wildman–Crippen MR) is 144 cm³/mol. The van der Waals surface area contributed by atoms with Crippen molar-refractivity contribution in [3.05, 3.63) is 0 Å². The summed E-state index contributed by atoms with van der Waals surface area (Å²) >= 11 is 0. The molecule has 0 amide bonds. The number of ether oxygens (including phenoxy) is 2. The number of nitrogens with two attached hydrogens (primary N) is 1. The van der Waals surface area contributed by atoms with Gasteiger partial charge in [-0.25, -0.2) is 0 Å². The van der Waals surface area contributed by atoms with Crippen LogP contribution >= 0.6 is 0 Å². The molecule has 0 saturated carbocycles. The number of aliphatic hydroxyl groups is 6. The molecule has 1 saturated heterocycles. The molecule has 1 heterocycles. The fourth-order valence-corrected chi connectivity index (χ4v) is 4.81. The summed E-state index contributed by atoms with van der Waals surface area (Å²) in [6, 6.07) is -0.127. The molecule has 9 nitrogen and oxygen atoms in total. The molecule has 0 aliphatic carbocycles. The summed E-state index contributed by atoms with van der Waals surface area (Å²) in [5, 5.41) is 59.1. The van der Waals surface area contributed by atoms with Crippen molar-refractivity contribution in [2.24, 2.45) is 5.73 Å². The molecule has 1 aliphatic rings. The average molecular weight is 536 g/mol. The van der Waals surface area contributed by atoms with Gasteiger partial charge in [-0.2, -0.15) is 0 Å². The first kappa shape index (κ1) is 34.7. The maximum absolute atomic E-state index is 10.4. The van der Waals surface area contributed by atoms with Crippen molar-refractivity contribution >= 4 is 0 Å². The van der Waals surface area contributed by atoms with Crippen molar-refractivity contribution in [3.8, 4) is 0 Å². The lowest BCUT2D eigenvalue weighted by atomic mass is 9.99. The molecule has 0 aromatic heterocycles. The van der Waals surface area contributed by atoms with Crippen LogP contribution in [0.1, 0.15) is 117 Å². The Kier molecular flexibility index (Phi) is 19.2. The summed E-state index contributed by atoms with van der Waals surface area (Å²) in [6.07, 6.45) is 9.91. The van der Waals surface area contributed by atoms with Crippen molar-refractivity contribution in [2.75, 3.05) is 6.61 Å². The van der Waals surface area contributed by atoms with E-state index in [1.807, 2.05) is 6.92 Å². The second-order valence-corrected chi connectivity index (χ2v) is 11.1. The van der Waals surface area contributed by atoms with Crippen molar-refractivity contribution in [3.63, 3.8) is 0 Å². The number of hydrogen-bond acceptors (Lipinski definition) is 9. The SMILES string of the molecule is C[C@@H](N)[C@H](O)CCCCCCCCCCCCCCCC[C@H](O)[C@@H](C)O[C@H]1O[C@@H](CO)[C@@H](O)[C@@H](O)[C@H]1O. The van der Waals surface area contributed by atoms with Crippen LogP contribution in [-0.2, 0) is 9.47 Å². The Labute approximate surface area is 224 Å². The Hall–Kier alpha value is -0.360. The zero-order chi connectivity index (χ0) is 27.6. The molecular formula is C28H57NO8. The Balaban J connectivity index is 1.94. The van der Waals surface area contributed by atoms with Gasteiger partial charge in [0.1, 0.15) is 24.4 Å². The van der Waals surface area contributed by atoms with Gasteiger partial charge in [0.05, 0.1) is 24.9 Å². The fourth-order valence-electron chi connectivity index (χ4n) is 4.81. The van der Waals surface area contributed by atoms with E-state index >= 15 is 0 Å². The lowest BCUT2D eigenvalue weighted by Crippen LogP contribution is -2.60. The van der Waals surface area contributed by atoms with Gasteiger partial charge in [0.25, 0.3) is 0 Å². The molecule has 0 aromatic carbocycles. The van der Waals surface area contributed by atoms with E-state index in [1.165, 1.54) is 64.2 Å². The smallest absolute Gasteiger partial charge is 0.187 e. The highest BCUT2D eigenvalue weighted by Crippen LogP contribution is 2.24. The minimum atomic E-state index is -1.48. The van der Waals surface area contributed by atoms with Crippen LogP contribution < -0.4 is 5.73 Å². The van der Waals surface area contributed by atoms with Gasteiger partial charge in [-0.15, -0.1) is 0 Å². The third-order valence-corrected chi connectivity index (χ3v) is 7.60. The van der Waals surface area contributed by atoms with Crippen molar-refractivity contribution < 1.29 is 40.1 Å². The second kappa shape index (κ2) is 20.5. The number of unbranched alkanes of at least 4 members (excludes halogenated alkanes) is 13. The number of rotatable bonds is 22. The first-order chi connectivity index (χ1) is 17.7. The highest BCUT2D eigenvalue weighted by molar-refractivity contribution is 4.89. The predicted octanol–water partition coefficient (Wildman–Crippen LogP) is 2.50. The van der Waals surface area contributed by atoms with E-state index in [2.05, 4.69) is 0 Å². The minimum absolute atomic E-state index is 0.127. The molecule has 37 heavy (non-hydrogen) atoms. The molecule has 0 spiro atoms. The van der Waals surface area contributed by atoms with Crippen LogP contribution in [0.2, 0.25) is 0 Å². The quantitative estimate of drug-likeness (QED) is 0.103. The minimum Gasteiger partial charge on any atom is -0.394 e. The summed E-state index contributed by atoms with van der Waals surface area (Å²) in [7, 11) is 0. The van der Waals surface area contributed by atoms with Crippen LogP contribution in [0.25, 0.3) is 0 Å². The van der Waals surface area contributed by atoms with Crippen molar-refractivity contribution in [1.82, 2.24) is 0 Å². The van der Waals surface area contributed by atoms with E-state index < -0.39 is 49.5 Å². The fraction of sp³-hybridized carbons (Fsp3) is 1.00. The Bertz CT molecular complexity index is 538. The highest BCUT2D eigenvalue weighted by Gasteiger charge is 2.44. The summed E-state index contributed by atoms with van der Waals surface area (Å²) in [5.41, 5.74) is 5.67. The number of aliphatic hydroxyl groups excluding tert-OH is 6. The first-order valence-corrected chi connectivity index (χ1v) is 14.8. The van der Waals surface area contributed by atoms with Crippen LogP contribution in [-0.4, -0.2) is 92.3 Å². The third kappa shape index (κ3) is 14.6. The molecule has 1 rings (SSSR count). The van der Waals surface area contributed by atoms with Crippen molar-refractivity contribution in [2.45, 2.75) is 172 Å². The van der Waals surface area contributed by atoms with Gasteiger partial charge in [0, 0.05) is 6.04 Å². The summed E-state index contributed by atoms with van der Waals surface area (Å²) < 4.78 is 10.9. The van der Waals surface area contributed by atoms with E-state index in [4.69, 9.17) is 15.2 Å². The Morgan fingerprint density at radius 1 is 0.649 bits per heavy atom. The zero-order valence-electron chi connectivity index (χ0n) is 23.3. The standard InChI is InChI=1S/C28H57NO8/c1-20(29)22(31)17-15-13-11-9-7-5-3-4-6-8-10-12-14-16-18-23(32)21(2)36-28-27(35)26(34)25(33)24(19-30)37-28/h20-28,30-35H,3-19,29H2,1-2H3/t20-,21-,22-,23+,24+,25-,26-,27-,28+/m1/s1. The van der Waals surface area contributed by atoms with Gasteiger partial charge in [0.2, 0.25) is 0 Å². The monoisotopic (exact) mass is 535 g/mol. The molecule has 0 unspecified atom stereocenters. The van der Waals surface area contributed by atoms with Gasteiger partial charge in [-0.1, -0.05) is 89.9 Å². The first-order valence-electron chi connectivity index (χ1n) is 14.8. The van der Waals surface area contributed by atoms with Crippen LogP contribution in [0.3, 0.4) is 0 Å². The third-order valence-electron chi connectivity index (χ3n) is 7.60. The molecule has 9 heteroatoms. The average Bonchev–Trinajstić information content (AvgIpc) is 2.88. The Morgan fingerprint density at radius 3 is 1.46 bits per heavy atom. The van der Waals surface area contributed by atoms with Gasteiger partial charge in [0.15, 0.2) is 6.29 Å². The maximum atomic E-state index is 10.4. The normalized spacial score (nSPS) is 27.6. The largest absolute Gasteiger partial charge is 0.394 e.